The average Bonchev–Trinajstić information content (AvgIpc) is 3.42. The summed E-state index contributed by atoms with van der Waals surface area (Å²) >= 11 is 0. The molecule has 6 rings (SSSR count). The third-order valence-electron chi connectivity index (χ3n) is 6.27. The number of aromatic amines is 1. The van der Waals surface area contributed by atoms with E-state index in [1.54, 1.807) is 17.0 Å². The minimum absolute atomic E-state index is 0.0962. The molecular weight excluding hydrogens is 445 g/mol. The monoisotopic (exact) mass is 464 g/mol. The number of carbonyl (C=O) groups excluding carboxylic acids is 1. The van der Waals surface area contributed by atoms with E-state index in [0.29, 0.717) is 29.6 Å². The molecule has 0 unspecified atom stereocenters. The van der Waals surface area contributed by atoms with Gasteiger partial charge in [0.15, 0.2) is 5.82 Å². The number of nitrogens with zero attached hydrogens (tertiary/aromatic N) is 4. The normalized spacial score (nSPS) is 17.2. The highest BCUT2D eigenvalue weighted by Gasteiger charge is 2.40. The van der Waals surface area contributed by atoms with E-state index in [4.69, 9.17) is 0 Å². The summed E-state index contributed by atoms with van der Waals surface area (Å²) in [6, 6.07) is 15.5. The standard InChI is InChI=1S/C24H19F3N6O/c25-24(26,27)15-5-3-4-14(12-15)17-8-9-20-21(28-17)33(16-10-11-32(20)13-16)23(34)31-22-29-18-6-1-2-7-19(18)30-22/h1-9,12,16H,10-11,13H2,(H2,29,30,31,34)/t16-/m0/s1. The molecule has 1 fully saturated rings. The minimum atomic E-state index is -4.45. The highest BCUT2D eigenvalue weighted by atomic mass is 19.4. The van der Waals surface area contributed by atoms with Crippen molar-refractivity contribution in [2.45, 2.75) is 18.6 Å². The Hall–Kier alpha value is -4.08. The number of aromatic nitrogens is 3. The van der Waals surface area contributed by atoms with Crippen LogP contribution in [-0.2, 0) is 6.18 Å². The summed E-state index contributed by atoms with van der Waals surface area (Å²) in [6.07, 6.45) is -3.68. The molecular formula is C24H19F3N6O. The van der Waals surface area contributed by atoms with Gasteiger partial charge in [-0.15, -0.1) is 0 Å². The molecule has 2 aliphatic heterocycles. The second-order valence-corrected chi connectivity index (χ2v) is 8.41. The maximum Gasteiger partial charge on any atom is 0.416 e. The number of benzene rings is 2. The van der Waals surface area contributed by atoms with E-state index in [1.807, 2.05) is 30.3 Å². The van der Waals surface area contributed by atoms with Crippen LogP contribution in [0.1, 0.15) is 12.0 Å². The number of anilines is 3. The van der Waals surface area contributed by atoms with E-state index >= 15 is 0 Å². The van der Waals surface area contributed by atoms with Gasteiger partial charge in [0.05, 0.1) is 34.0 Å². The lowest BCUT2D eigenvalue weighted by Gasteiger charge is -2.35. The van der Waals surface area contributed by atoms with Crippen LogP contribution < -0.4 is 15.1 Å². The van der Waals surface area contributed by atoms with Crippen molar-refractivity contribution in [3.05, 3.63) is 66.2 Å². The van der Waals surface area contributed by atoms with Gasteiger partial charge in [-0.3, -0.25) is 10.2 Å². The first-order valence-electron chi connectivity index (χ1n) is 10.9. The Bertz CT molecular complexity index is 1380. The molecule has 172 valence electrons. The number of pyridine rings is 1. The van der Waals surface area contributed by atoms with Crippen molar-refractivity contribution >= 4 is 34.5 Å². The third kappa shape index (κ3) is 3.42. The van der Waals surface area contributed by atoms with Gasteiger partial charge in [-0.05, 0) is 42.8 Å². The van der Waals surface area contributed by atoms with Crippen LogP contribution in [0, 0.1) is 0 Å². The molecule has 1 atom stereocenters. The predicted octanol–water partition coefficient (Wildman–Crippen LogP) is 5.27. The number of para-hydroxylation sites is 2. The topological polar surface area (TPSA) is 77.1 Å². The molecule has 34 heavy (non-hydrogen) atoms. The summed E-state index contributed by atoms with van der Waals surface area (Å²) in [5.74, 6) is 0.750. The van der Waals surface area contributed by atoms with E-state index < -0.39 is 11.7 Å². The summed E-state index contributed by atoms with van der Waals surface area (Å²) in [4.78, 5) is 29.3. The number of fused-ring (bicyclic) bond motifs is 5. The van der Waals surface area contributed by atoms with Crippen LogP contribution >= 0.6 is 0 Å². The zero-order valence-electron chi connectivity index (χ0n) is 17.8. The van der Waals surface area contributed by atoms with Crippen molar-refractivity contribution in [1.82, 2.24) is 15.0 Å². The lowest BCUT2D eigenvalue weighted by atomic mass is 10.1. The lowest BCUT2D eigenvalue weighted by Crippen LogP contribution is -2.48. The van der Waals surface area contributed by atoms with E-state index in [-0.39, 0.29) is 12.1 Å². The summed E-state index contributed by atoms with van der Waals surface area (Å²) < 4.78 is 39.7. The molecule has 10 heteroatoms. The first kappa shape index (κ1) is 20.5. The van der Waals surface area contributed by atoms with Gasteiger partial charge in [0, 0.05) is 18.7 Å². The maximum atomic E-state index is 13.4. The SMILES string of the molecule is O=C(Nc1nc2ccccc2[nH]1)N1c2nc(-c3cccc(C(F)(F)F)c3)ccc2N2CC[C@H]1C2. The summed E-state index contributed by atoms with van der Waals surface area (Å²) in [6.45, 7) is 1.45. The molecule has 0 aliphatic carbocycles. The Kier molecular flexibility index (Phi) is 4.51. The number of alkyl halides is 3. The number of urea groups is 1. The fraction of sp³-hybridized carbons (Fsp3) is 0.208. The molecule has 0 spiro atoms. The highest BCUT2D eigenvalue weighted by Crippen LogP contribution is 2.41. The lowest BCUT2D eigenvalue weighted by molar-refractivity contribution is -0.137. The van der Waals surface area contributed by atoms with E-state index in [1.165, 1.54) is 6.07 Å². The van der Waals surface area contributed by atoms with Crippen LogP contribution in [0.25, 0.3) is 22.3 Å². The quantitative estimate of drug-likeness (QED) is 0.424. The Morgan fingerprint density at radius 2 is 1.91 bits per heavy atom. The van der Waals surface area contributed by atoms with Gasteiger partial charge < -0.3 is 9.88 Å². The second-order valence-electron chi connectivity index (χ2n) is 8.41. The van der Waals surface area contributed by atoms with E-state index in [9.17, 15) is 18.0 Å². The predicted molar refractivity (Wildman–Crippen MR) is 123 cm³/mol. The van der Waals surface area contributed by atoms with Crippen LogP contribution in [0.3, 0.4) is 0 Å². The zero-order chi connectivity index (χ0) is 23.4. The van der Waals surface area contributed by atoms with Gasteiger partial charge in [-0.25, -0.2) is 14.8 Å². The van der Waals surface area contributed by atoms with Gasteiger partial charge in [-0.1, -0.05) is 24.3 Å². The molecule has 2 N–H and O–H groups in total. The molecule has 4 aromatic rings. The number of rotatable bonds is 2. The summed E-state index contributed by atoms with van der Waals surface area (Å²) in [5.41, 5.74) is 2.27. The van der Waals surface area contributed by atoms with Crippen molar-refractivity contribution in [2.24, 2.45) is 0 Å². The average molecular weight is 464 g/mol. The molecule has 1 saturated heterocycles. The molecule has 2 amide bonds. The van der Waals surface area contributed by atoms with Crippen molar-refractivity contribution < 1.29 is 18.0 Å². The van der Waals surface area contributed by atoms with Crippen LogP contribution in [0.15, 0.2) is 60.7 Å². The maximum absolute atomic E-state index is 13.4. The number of imidazole rings is 1. The first-order chi connectivity index (χ1) is 16.4. The zero-order valence-corrected chi connectivity index (χ0v) is 17.8. The van der Waals surface area contributed by atoms with Gasteiger partial charge in [0.1, 0.15) is 0 Å². The van der Waals surface area contributed by atoms with Gasteiger partial charge in [0.25, 0.3) is 0 Å². The largest absolute Gasteiger partial charge is 0.416 e. The van der Waals surface area contributed by atoms with Gasteiger partial charge in [0.2, 0.25) is 5.95 Å². The van der Waals surface area contributed by atoms with Crippen LogP contribution in [0.5, 0.6) is 0 Å². The summed E-state index contributed by atoms with van der Waals surface area (Å²) in [7, 11) is 0. The number of nitrogens with one attached hydrogen (secondary N) is 2. The van der Waals surface area contributed by atoms with Gasteiger partial charge in [-0.2, -0.15) is 13.2 Å². The molecule has 4 heterocycles. The van der Waals surface area contributed by atoms with Gasteiger partial charge >= 0.3 is 12.2 Å². The molecule has 0 saturated carbocycles. The van der Waals surface area contributed by atoms with Crippen molar-refractivity contribution in [1.29, 1.82) is 0 Å². The van der Waals surface area contributed by atoms with Crippen LogP contribution in [-0.4, -0.2) is 40.1 Å². The first-order valence-corrected chi connectivity index (χ1v) is 10.9. The van der Waals surface area contributed by atoms with E-state index in [2.05, 4.69) is 25.2 Å². The summed E-state index contributed by atoms with van der Waals surface area (Å²) in [5, 5.41) is 2.83. The highest BCUT2D eigenvalue weighted by molar-refractivity contribution is 6.04. The number of halogens is 3. The Labute approximate surface area is 192 Å². The molecule has 2 aromatic carbocycles. The number of hydrogen-bond acceptors (Lipinski definition) is 4. The Morgan fingerprint density at radius 1 is 1.06 bits per heavy atom. The number of carbonyl (C=O) groups is 1. The van der Waals surface area contributed by atoms with Crippen molar-refractivity contribution in [3.8, 4) is 11.3 Å². The molecule has 2 bridgehead atoms. The Balaban J connectivity index is 1.37. The molecule has 2 aliphatic rings. The third-order valence-corrected chi connectivity index (χ3v) is 6.27. The smallest absolute Gasteiger partial charge is 0.366 e. The second kappa shape index (κ2) is 7.47. The number of hydrogen-bond donors (Lipinski definition) is 2. The fourth-order valence-corrected chi connectivity index (χ4v) is 4.66. The van der Waals surface area contributed by atoms with Crippen LogP contribution in [0.4, 0.5) is 35.4 Å². The fourth-order valence-electron chi connectivity index (χ4n) is 4.66. The molecule has 2 aromatic heterocycles. The molecule has 0 radical (unpaired) electrons. The Morgan fingerprint density at radius 3 is 2.74 bits per heavy atom. The number of amides is 2. The molecule has 7 nitrogen and oxygen atoms in total. The van der Waals surface area contributed by atoms with Crippen LogP contribution in [0.2, 0.25) is 0 Å². The minimum Gasteiger partial charge on any atom is -0.366 e. The van der Waals surface area contributed by atoms with E-state index in [0.717, 1.165) is 41.8 Å². The van der Waals surface area contributed by atoms with Crippen molar-refractivity contribution in [2.75, 3.05) is 28.2 Å². The number of H-pyrrole nitrogens is 1. The van der Waals surface area contributed by atoms with Crippen molar-refractivity contribution in [3.63, 3.8) is 0 Å².